The van der Waals surface area contributed by atoms with Crippen LogP contribution in [0.15, 0.2) is 17.6 Å². The van der Waals surface area contributed by atoms with Gasteiger partial charge >= 0.3 is 0 Å². The summed E-state index contributed by atoms with van der Waals surface area (Å²) >= 11 is 0. The van der Waals surface area contributed by atoms with E-state index in [1.807, 2.05) is 30.5 Å². The molecule has 1 N–H and O–H groups in total. The lowest BCUT2D eigenvalue weighted by Crippen LogP contribution is -2.53. The molecule has 7 nitrogen and oxygen atoms in total. The summed E-state index contributed by atoms with van der Waals surface area (Å²) in [5.74, 6) is 0.786. The van der Waals surface area contributed by atoms with Gasteiger partial charge in [-0.1, -0.05) is 25.7 Å². The van der Waals surface area contributed by atoms with Gasteiger partial charge in [0.2, 0.25) is 5.95 Å². The highest BCUT2D eigenvalue weighted by Crippen LogP contribution is 2.33. The SMILES string of the molecule is CC1=C(C(=O)NCC2(N(C)C)CCCCCC2)[C@H](C)n2ncnc2N1C. The zero-order valence-corrected chi connectivity index (χ0v) is 16.7. The lowest BCUT2D eigenvalue weighted by Gasteiger charge is -2.40. The third kappa shape index (κ3) is 3.24. The number of rotatable bonds is 4. The van der Waals surface area contributed by atoms with Crippen LogP contribution in [0.1, 0.15) is 58.4 Å². The van der Waals surface area contributed by atoms with Gasteiger partial charge in [-0.2, -0.15) is 10.1 Å². The van der Waals surface area contributed by atoms with E-state index in [0.717, 1.165) is 30.1 Å². The van der Waals surface area contributed by atoms with Gasteiger partial charge in [0.05, 0.1) is 11.6 Å². The molecule has 0 radical (unpaired) electrons. The van der Waals surface area contributed by atoms with Crippen LogP contribution in [0.3, 0.4) is 0 Å². The molecule has 1 aromatic heterocycles. The molecular weight excluding hydrogens is 328 g/mol. The quantitative estimate of drug-likeness (QED) is 0.835. The second-order valence-corrected chi connectivity index (χ2v) is 7.95. The number of nitrogens with one attached hydrogen (secondary N) is 1. The van der Waals surface area contributed by atoms with Gasteiger partial charge in [-0.3, -0.25) is 4.79 Å². The van der Waals surface area contributed by atoms with Gasteiger partial charge in [0.15, 0.2) is 0 Å². The number of allylic oxidation sites excluding steroid dienone is 1. The standard InChI is InChI=1S/C19H32N6O/c1-14-16(15(2)25-18(24(14)5)21-13-22-25)17(26)20-12-19(23(3)4)10-8-6-7-9-11-19/h13,15H,6-12H2,1-5H3,(H,20,26)/t15-/m0/s1. The van der Waals surface area contributed by atoms with Gasteiger partial charge in [-0.05, 0) is 40.8 Å². The average molecular weight is 361 g/mol. The molecular formula is C19H32N6O. The number of hydrogen-bond donors (Lipinski definition) is 1. The van der Waals surface area contributed by atoms with Crippen LogP contribution in [-0.2, 0) is 4.79 Å². The van der Waals surface area contributed by atoms with E-state index in [4.69, 9.17) is 0 Å². The molecule has 1 aromatic rings. The Kier molecular flexibility index (Phi) is 5.37. The normalized spacial score (nSPS) is 23.0. The summed E-state index contributed by atoms with van der Waals surface area (Å²) in [5, 5.41) is 7.55. The van der Waals surface area contributed by atoms with Crippen LogP contribution in [0.25, 0.3) is 0 Å². The van der Waals surface area contributed by atoms with Gasteiger partial charge in [0, 0.05) is 24.8 Å². The minimum Gasteiger partial charge on any atom is -0.350 e. The monoisotopic (exact) mass is 360 g/mol. The van der Waals surface area contributed by atoms with Crippen molar-refractivity contribution in [1.82, 2.24) is 25.0 Å². The lowest BCUT2D eigenvalue weighted by atomic mass is 9.88. The Morgan fingerprint density at radius 3 is 2.58 bits per heavy atom. The van der Waals surface area contributed by atoms with E-state index in [1.54, 1.807) is 6.33 Å². The van der Waals surface area contributed by atoms with E-state index in [1.165, 1.54) is 25.7 Å². The third-order valence-electron chi connectivity index (χ3n) is 6.34. The minimum atomic E-state index is -0.117. The van der Waals surface area contributed by atoms with Crippen LogP contribution in [0, 0.1) is 0 Å². The van der Waals surface area contributed by atoms with Crippen molar-refractivity contribution in [1.29, 1.82) is 0 Å². The molecule has 3 rings (SSSR count). The summed E-state index contributed by atoms with van der Waals surface area (Å²) in [4.78, 5) is 21.7. The molecule has 1 aliphatic carbocycles. The maximum absolute atomic E-state index is 13.1. The number of likely N-dealkylation sites (N-methyl/N-ethyl adjacent to an activating group) is 1. The zero-order valence-electron chi connectivity index (χ0n) is 16.7. The van der Waals surface area contributed by atoms with Crippen molar-refractivity contribution >= 4 is 11.9 Å². The Balaban J connectivity index is 1.77. The molecule has 2 heterocycles. The summed E-state index contributed by atoms with van der Waals surface area (Å²) < 4.78 is 1.81. The smallest absolute Gasteiger partial charge is 0.251 e. The number of hydrogen-bond acceptors (Lipinski definition) is 5. The van der Waals surface area contributed by atoms with Crippen molar-refractivity contribution in [2.75, 3.05) is 32.6 Å². The van der Waals surface area contributed by atoms with Crippen LogP contribution in [-0.4, -0.2) is 58.8 Å². The summed E-state index contributed by atoms with van der Waals surface area (Å²) in [6, 6.07) is -0.117. The molecule has 26 heavy (non-hydrogen) atoms. The van der Waals surface area contributed by atoms with Gasteiger partial charge in [-0.15, -0.1) is 0 Å². The number of aromatic nitrogens is 3. The minimum absolute atomic E-state index is 0.00784. The van der Waals surface area contributed by atoms with E-state index in [9.17, 15) is 4.79 Å². The molecule has 0 aromatic carbocycles. The molecule has 7 heteroatoms. The van der Waals surface area contributed by atoms with Gasteiger partial charge < -0.3 is 15.1 Å². The van der Waals surface area contributed by atoms with E-state index >= 15 is 0 Å². The van der Waals surface area contributed by atoms with Crippen LogP contribution in [0.5, 0.6) is 0 Å². The first-order valence-corrected chi connectivity index (χ1v) is 9.67. The molecule has 2 aliphatic rings. The van der Waals surface area contributed by atoms with Gasteiger partial charge in [-0.25, -0.2) is 4.68 Å². The van der Waals surface area contributed by atoms with E-state index in [2.05, 4.69) is 34.4 Å². The highest BCUT2D eigenvalue weighted by atomic mass is 16.1. The fourth-order valence-corrected chi connectivity index (χ4v) is 4.38. The van der Waals surface area contributed by atoms with Crippen LogP contribution in [0.2, 0.25) is 0 Å². The van der Waals surface area contributed by atoms with Crippen molar-refractivity contribution in [3.8, 4) is 0 Å². The lowest BCUT2D eigenvalue weighted by molar-refractivity contribution is -0.118. The Labute approximate surface area is 156 Å². The molecule has 0 saturated heterocycles. The predicted octanol–water partition coefficient (Wildman–Crippen LogP) is 2.33. The summed E-state index contributed by atoms with van der Waals surface area (Å²) in [6.45, 7) is 4.68. The second-order valence-electron chi connectivity index (χ2n) is 7.95. The predicted molar refractivity (Wildman–Crippen MR) is 103 cm³/mol. The average Bonchev–Trinajstić information content (AvgIpc) is 2.97. The number of carbonyl (C=O) groups excluding carboxylic acids is 1. The third-order valence-corrected chi connectivity index (χ3v) is 6.34. The number of carbonyl (C=O) groups is 1. The molecule has 1 amide bonds. The molecule has 0 bridgehead atoms. The summed E-state index contributed by atoms with van der Waals surface area (Å²) in [5.41, 5.74) is 1.77. The van der Waals surface area contributed by atoms with Gasteiger partial charge in [0.25, 0.3) is 5.91 Å². The fourth-order valence-electron chi connectivity index (χ4n) is 4.38. The summed E-state index contributed by atoms with van der Waals surface area (Å²) in [7, 11) is 6.21. The molecule has 1 saturated carbocycles. The zero-order chi connectivity index (χ0) is 18.9. The topological polar surface area (TPSA) is 66.3 Å². The van der Waals surface area contributed by atoms with Crippen molar-refractivity contribution in [3.05, 3.63) is 17.6 Å². The molecule has 1 atom stereocenters. The summed E-state index contributed by atoms with van der Waals surface area (Å²) in [6.07, 6.45) is 8.88. The van der Waals surface area contributed by atoms with E-state index in [-0.39, 0.29) is 17.5 Å². The molecule has 144 valence electrons. The highest BCUT2D eigenvalue weighted by Gasteiger charge is 2.36. The maximum atomic E-state index is 13.1. The Morgan fingerprint density at radius 1 is 1.31 bits per heavy atom. The largest absolute Gasteiger partial charge is 0.350 e. The first-order chi connectivity index (χ1) is 12.4. The van der Waals surface area contributed by atoms with Crippen molar-refractivity contribution in [2.45, 2.75) is 64.0 Å². The number of nitrogens with zero attached hydrogens (tertiary/aromatic N) is 5. The molecule has 0 spiro atoms. The number of amides is 1. The van der Waals surface area contributed by atoms with Crippen LogP contribution >= 0.6 is 0 Å². The number of anilines is 1. The Bertz CT molecular complexity index is 684. The highest BCUT2D eigenvalue weighted by molar-refractivity contribution is 5.96. The fraction of sp³-hybridized carbons (Fsp3) is 0.737. The van der Waals surface area contributed by atoms with Crippen molar-refractivity contribution in [2.24, 2.45) is 0 Å². The van der Waals surface area contributed by atoms with Crippen LogP contribution in [0.4, 0.5) is 5.95 Å². The Hall–Kier alpha value is -1.89. The first kappa shape index (κ1) is 18.9. The van der Waals surface area contributed by atoms with E-state index in [0.29, 0.717) is 6.54 Å². The molecule has 1 fully saturated rings. The van der Waals surface area contributed by atoms with Crippen molar-refractivity contribution < 1.29 is 4.79 Å². The molecule has 0 unspecified atom stereocenters. The van der Waals surface area contributed by atoms with Crippen molar-refractivity contribution in [3.63, 3.8) is 0 Å². The Morgan fingerprint density at radius 2 is 1.96 bits per heavy atom. The van der Waals surface area contributed by atoms with Crippen LogP contribution < -0.4 is 10.2 Å². The van der Waals surface area contributed by atoms with E-state index < -0.39 is 0 Å². The maximum Gasteiger partial charge on any atom is 0.251 e. The molecule has 1 aliphatic heterocycles. The van der Waals surface area contributed by atoms with Gasteiger partial charge in [0.1, 0.15) is 6.33 Å². The number of fused-ring (bicyclic) bond motifs is 1. The second kappa shape index (κ2) is 7.39. The first-order valence-electron chi connectivity index (χ1n) is 9.67.